The van der Waals surface area contributed by atoms with Crippen LogP contribution in [0.15, 0.2) is 24.4 Å². The van der Waals surface area contributed by atoms with Crippen molar-refractivity contribution in [3.05, 3.63) is 35.5 Å². The summed E-state index contributed by atoms with van der Waals surface area (Å²) in [4.78, 5) is 6.90. The topological polar surface area (TPSA) is 34.6 Å². The quantitative estimate of drug-likeness (QED) is 0.872. The van der Waals surface area contributed by atoms with Gasteiger partial charge in [-0.15, -0.1) is 0 Å². The standard InChI is InChI=1S/C18H22N2O2/c1-2-13-9-14-10-20(11-15-5-4-8-21-15)12-22-18(14)17-16(13)6-3-7-19-17/h3,6-7,9,15H,2,4-5,8,10-12H2,1H3. The molecule has 2 aromatic rings. The zero-order chi connectivity index (χ0) is 14.9. The van der Waals surface area contributed by atoms with Crippen molar-refractivity contribution in [1.82, 2.24) is 9.88 Å². The molecular formula is C18H22N2O2. The Labute approximate surface area is 131 Å². The summed E-state index contributed by atoms with van der Waals surface area (Å²) in [6.45, 7) is 5.62. The van der Waals surface area contributed by atoms with Crippen LogP contribution in [0.4, 0.5) is 0 Å². The maximum atomic E-state index is 6.07. The third kappa shape index (κ3) is 2.46. The molecule has 0 radical (unpaired) electrons. The summed E-state index contributed by atoms with van der Waals surface area (Å²) in [5.74, 6) is 0.969. The summed E-state index contributed by atoms with van der Waals surface area (Å²) in [6.07, 6.45) is 5.59. The first-order valence-electron chi connectivity index (χ1n) is 8.21. The normalized spacial score (nSPS) is 21.8. The Morgan fingerprint density at radius 1 is 1.41 bits per heavy atom. The van der Waals surface area contributed by atoms with Crippen molar-refractivity contribution in [3.8, 4) is 5.75 Å². The van der Waals surface area contributed by atoms with Gasteiger partial charge in [0.2, 0.25) is 0 Å². The zero-order valence-electron chi connectivity index (χ0n) is 13.0. The van der Waals surface area contributed by atoms with E-state index in [1.54, 1.807) is 0 Å². The van der Waals surface area contributed by atoms with E-state index >= 15 is 0 Å². The second-order valence-corrected chi connectivity index (χ2v) is 6.20. The average Bonchev–Trinajstić information content (AvgIpc) is 3.07. The van der Waals surface area contributed by atoms with Gasteiger partial charge < -0.3 is 9.47 Å². The van der Waals surface area contributed by atoms with E-state index in [0.29, 0.717) is 12.8 Å². The van der Waals surface area contributed by atoms with Crippen molar-refractivity contribution in [1.29, 1.82) is 0 Å². The van der Waals surface area contributed by atoms with Gasteiger partial charge in [0, 0.05) is 36.8 Å². The minimum Gasteiger partial charge on any atom is -0.475 e. The Kier molecular flexibility index (Phi) is 3.72. The zero-order valence-corrected chi connectivity index (χ0v) is 13.0. The van der Waals surface area contributed by atoms with Crippen LogP contribution in [0.25, 0.3) is 10.9 Å². The van der Waals surface area contributed by atoms with Crippen molar-refractivity contribution in [2.24, 2.45) is 0 Å². The van der Waals surface area contributed by atoms with Crippen LogP contribution >= 0.6 is 0 Å². The first-order chi connectivity index (χ1) is 10.8. The summed E-state index contributed by atoms with van der Waals surface area (Å²) in [5, 5.41) is 1.22. The largest absolute Gasteiger partial charge is 0.475 e. The van der Waals surface area contributed by atoms with Crippen LogP contribution in [0, 0.1) is 0 Å². The van der Waals surface area contributed by atoms with E-state index in [1.165, 1.54) is 29.4 Å². The molecule has 0 saturated carbocycles. The van der Waals surface area contributed by atoms with Crippen molar-refractivity contribution in [2.45, 2.75) is 38.8 Å². The smallest absolute Gasteiger partial charge is 0.152 e. The lowest BCUT2D eigenvalue weighted by Crippen LogP contribution is -2.37. The molecule has 4 nitrogen and oxygen atoms in total. The van der Waals surface area contributed by atoms with Crippen LogP contribution in [-0.2, 0) is 17.7 Å². The van der Waals surface area contributed by atoms with Crippen molar-refractivity contribution in [3.63, 3.8) is 0 Å². The van der Waals surface area contributed by atoms with Gasteiger partial charge in [0.15, 0.2) is 5.75 Å². The fraction of sp³-hybridized carbons (Fsp3) is 0.500. The molecule has 1 atom stereocenters. The second kappa shape index (κ2) is 5.86. The Balaban J connectivity index is 1.65. The number of fused-ring (bicyclic) bond motifs is 3. The number of aryl methyl sites for hydroxylation is 1. The Morgan fingerprint density at radius 2 is 2.36 bits per heavy atom. The molecule has 0 aliphatic carbocycles. The molecule has 116 valence electrons. The monoisotopic (exact) mass is 298 g/mol. The molecule has 3 heterocycles. The minimum atomic E-state index is 0.370. The van der Waals surface area contributed by atoms with Gasteiger partial charge in [-0.2, -0.15) is 0 Å². The highest BCUT2D eigenvalue weighted by atomic mass is 16.5. The molecule has 0 bridgehead atoms. The number of aromatic nitrogens is 1. The van der Waals surface area contributed by atoms with Gasteiger partial charge in [-0.25, -0.2) is 0 Å². The van der Waals surface area contributed by atoms with Crippen molar-refractivity contribution >= 4 is 10.9 Å². The van der Waals surface area contributed by atoms with Crippen LogP contribution in [0.2, 0.25) is 0 Å². The maximum absolute atomic E-state index is 6.07. The number of hydrogen-bond donors (Lipinski definition) is 0. The number of pyridine rings is 1. The minimum absolute atomic E-state index is 0.370. The fourth-order valence-electron chi connectivity index (χ4n) is 3.56. The van der Waals surface area contributed by atoms with E-state index in [2.05, 4.69) is 28.9 Å². The van der Waals surface area contributed by atoms with E-state index in [-0.39, 0.29) is 0 Å². The number of rotatable bonds is 3. The molecule has 22 heavy (non-hydrogen) atoms. The average molecular weight is 298 g/mol. The van der Waals surface area contributed by atoms with Crippen LogP contribution in [0.1, 0.15) is 30.9 Å². The molecule has 2 aliphatic heterocycles. The van der Waals surface area contributed by atoms with E-state index in [4.69, 9.17) is 9.47 Å². The van der Waals surface area contributed by atoms with Crippen LogP contribution in [-0.4, -0.2) is 35.9 Å². The second-order valence-electron chi connectivity index (χ2n) is 6.20. The summed E-state index contributed by atoms with van der Waals surface area (Å²) in [7, 11) is 0. The molecule has 1 aromatic heterocycles. The third-order valence-electron chi connectivity index (χ3n) is 4.66. The molecule has 0 N–H and O–H groups in total. The van der Waals surface area contributed by atoms with Gasteiger partial charge in [0.1, 0.15) is 12.2 Å². The lowest BCUT2D eigenvalue weighted by Gasteiger charge is -2.31. The predicted octanol–water partition coefficient (Wildman–Crippen LogP) is 3.13. The van der Waals surface area contributed by atoms with Crippen LogP contribution in [0.5, 0.6) is 5.75 Å². The van der Waals surface area contributed by atoms with E-state index in [9.17, 15) is 0 Å². The summed E-state index contributed by atoms with van der Waals surface area (Å²) in [6, 6.07) is 6.44. The third-order valence-corrected chi connectivity index (χ3v) is 4.66. The molecule has 0 spiro atoms. The number of hydrogen-bond acceptors (Lipinski definition) is 4. The number of benzene rings is 1. The summed E-state index contributed by atoms with van der Waals surface area (Å²) < 4.78 is 11.8. The molecule has 1 unspecified atom stereocenters. The van der Waals surface area contributed by atoms with Gasteiger partial charge in [-0.3, -0.25) is 9.88 Å². The Hall–Kier alpha value is -1.65. The first-order valence-corrected chi connectivity index (χ1v) is 8.21. The summed E-state index contributed by atoms with van der Waals surface area (Å²) in [5.41, 5.74) is 3.62. The first kappa shape index (κ1) is 14.0. The van der Waals surface area contributed by atoms with Gasteiger partial charge in [0.05, 0.1) is 6.10 Å². The van der Waals surface area contributed by atoms with Crippen molar-refractivity contribution < 1.29 is 9.47 Å². The molecule has 1 saturated heterocycles. The predicted molar refractivity (Wildman–Crippen MR) is 86.0 cm³/mol. The summed E-state index contributed by atoms with van der Waals surface area (Å²) >= 11 is 0. The lowest BCUT2D eigenvalue weighted by atomic mass is 10.00. The highest BCUT2D eigenvalue weighted by molar-refractivity contribution is 5.89. The van der Waals surface area contributed by atoms with E-state index < -0.39 is 0 Å². The van der Waals surface area contributed by atoms with Crippen LogP contribution in [0.3, 0.4) is 0 Å². The molecule has 4 rings (SSSR count). The molecular weight excluding hydrogens is 276 g/mol. The van der Waals surface area contributed by atoms with Gasteiger partial charge in [0.25, 0.3) is 0 Å². The number of nitrogens with zero attached hydrogens (tertiary/aromatic N) is 2. The Morgan fingerprint density at radius 3 is 3.18 bits per heavy atom. The molecule has 4 heteroatoms. The van der Waals surface area contributed by atoms with E-state index in [1.807, 2.05) is 12.3 Å². The SMILES string of the molecule is CCc1cc2c(c3ncccc13)OCN(CC1CCCO1)C2. The van der Waals surface area contributed by atoms with E-state index in [0.717, 1.165) is 37.4 Å². The van der Waals surface area contributed by atoms with Crippen molar-refractivity contribution in [2.75, 3.05) is 19.9 Å². The highest BCUT2D eigenvalue weighted by Gasteiger charge is 2.25. The fourth-order valence-corrected chi connectivity index (χ4v) is 3.56. The molecule has 1 aromatic carbocycles. The molecule has 0 amide bonds. The van der Waals surface area contributed by atoms with Gasteiger partial charge in [-0.1, -0.05) is 19.1 Å². The lowest BCUT2D eigenvalue weighted by molar-refractivity contribution is 0.0285. The van der Waals surface area contributed by atoms with Gasteiger partial charge >= 0.3 is 0 Å². The molecule has 1 fully saturated rings. The highest BCUT2D eigenvalue weighted by Crippen LogP contribution is 2.35. The van der Waals surface area contributed by atoms with Crippen LogP contribution < -0.4 is 4.74 Å². The number of ether oxygens (including phenoxy) is 2. The van der Waals surface area contributed by atoms with Gasteiger partial charge in [-0.05, 0) is 30.9 Å². The Bertz CT molecular complexity index is 680. The maximum Gasteiger partial charge on any atom is 0.152 e. The molecule has 2 aliphatic rings.